The molecule has 0 aliphatic carbocycles. The van der Waals surface area contributed by atoms with E-state index < -0.39 is 0 Å². The molecule has 0 N–H and O–H groups in total. The third-order valence-electron chi connectivity index (χ3n) is 6.98. The average molecular weight is 520 g/mol. The zero-order valence-corrected chi connectivity index (χ0v) is 23.3. The molecule has 39 heavy (non-hydrogen) atoms. The fourth-order valence-corrected chi connectivity index (χ4v) is 5.00. The van der Waals surface area contributed by atoms with Gasteiger partial charge in [0.15, 0.2) is 5.82 Å². The fraction of sp³-hybridized carbons (Fsp3) is 0.250. The molecular formula is C32H33N5O2. The van der Waals surface area contributed by atoms with E-state index in [9.17, 15) is 4.79 Å². The number of para-hydroxylation sites is 1. The number of nitrogens with zero attached hydrogens (tertiary/aromatic N) is 5. The Hall–Kier alpha value is -4.52. The summed E-state index contributed by atoms with van der Waals surface area (Å²) in [6.07, 6.45) is 5.30. The fourth-order valence-electron chi connectivity index (χ4n) is 5.00. The summed E-state index contributed by atoms with van der Waals surface area (Å²) in [5.41, 5.74) is 7.33. The van der Waals surface area contributed by atoms with Crippen LogP contribution in [0, 0.1) is 20.8 Å². The molecule has 3 heterocycles. The van der Waals surface area contributed by atoms with Gasteiger partial charge in [0.2, 0.25) is 0 Å². The zero-order chi connectivity index (χ0) is 27.7. The summed E-state index contributed by atoms with van der Waals surface area (Å²) in [5.74, 6) is 1.59. The number of aromatic nitrogens is 4. The van der Waals surface area contributed by atoms with Crippen molar-refractivity contribution >= 4 is 17.1 Å². The quantitative estimate of drug-likeness (QED) is 0.228. The maximum absolute atomic E-state index is 13.8. The van der Waals surface area contributed by atoms with Crippen LogP contribution in [-0.2, 0) is 0 Å². The van der Waals surface area contributed by atoms with E-state index in [-0.39, 0.29) is 11.5 Å². The molecule has 0 amide bonds. The summed E-state index contributed by atoms with van der Waals surface area (Å²) in [5, 5.41) is 5.27. The largest absolute Gasteiger partial charge is 0.494 e. The van der Waals surface area contributed by atoms with Crippen molar-refractivity contribution in [2.75, 3.05) is 6.61 Å². The lowest BCUT2D eigenvalue weighted by Gasteiger charge is -2.18. The van der Waals surface area contributed by atoms with E-state index in [2.05, 4.69) is 42.5 Å². The van der Waals surface area contributed by atoms with Gasteiger partial charge in [-0.3, -0.25) is 9.78 Å². The first kappa shape index (κ1) is 26.1. The highest BCUT2D eigenvalue weighted by molar-refractivity contribution is 5.84. The van der Waals surface area contributed by atoms with Crippen LogP contribution in [0.1, 0.15) is 54.8 Å². The van der Waals surface area contributed by atoms with Crippen molar-refractivity contribution in [2.24, 2.45) is 5.10 Å². The van der Waals surface area contributed by atoms with E-state index in [4.69, 9.17) is 14.8 Å². The number of benzene rings is 2. The molecule has 198 valence electrons. The van der Waals surface area contributed by atoms with Crippen molar-refractivity contribution in [1.29, 1.82) is 0 Å². The lowest BCUT2D eigenvalue weighted by atomic mass is 9.96. The van der Waals surface area contributed by atoms with Crippen LogP contribution in [-0.4, -0.2) is 32.0 Å². The van der Waals surface area contributed by atoms with Crippen molar-refractivity contribution in [3.63, 3.8) is 0 Å². The highest BCUT2D eigenvalue weighted by Gasteiger charge is 2.19. The standard InChI is InChI=1S/C32H33N5O2/c1-7-39-30-16-21(4)28(18-27(30)20(2)3)31-35-29-11-9-8-10-26(29)32(38)37(31)34-19-24-17-22(5)36(23(24)6)25-12-14-33-15-13-25/h8-20H,7H2,1-6H3. The zero-order valence-electron chi connectivity index (χ0n) is 23.3. The summed E-state index contributed by atoms with van der Waals surface area (Å²) < 4.78 is 9.51. The monoisotopic (exact) mass is 519 g/mol. The van der Waals surface area contributed by atoms with E-state index in [1.54, 1.807) is 24.7 Å². The van der Waals surface area contributed by atoms with Gasteiger partial charge in [0.25, 0.3) is 5.56 Å². The van der Waals surface area contributed by atoms with Gasteiger partial charge in [0.1, 0.15) is 5.75 Å². The van der Waals surface area contributed by atoms with Crippen molar-refractivity contribution in [2.45, 2.75) is 47.5 Å². The molecule has 0 saturated heterocycles. The molecule has 0 unspecified atom stereocenters. The molecule has 0 aliphatic heterocycles. The Labute approximate surface area is 228 Å². The minimum atomic E-state index is -0.214. The molecule has 0 bridgehead atoms. The maximum Gasteiger partial charge on any atom is 0.282 e. The Bertz CT molecular complexity index is 1750. The minimum absolute atomic E-state index is 0.214. The van der Waals surface area contributed by atoms with Gasteiger partial charge in [-0.05, 0) is 87.2 Å². The van der Waals surface area contributed by atoms with Crippen LogP contribution in [0.3, 0.4) is 0 Å². The summed E-state index contributed by atoms with van der Waals surface area (Å²) in [6, 6.07) is 17.5. The van der Waals surface area contributed by atoms with Crippen molar-refractivity contribution in [1.82, 2.24) is 19.2 Å². The van der Waals surface area contributed by atoms with Gasteiger partial charge in [-0.25, -0.2) is 4.98 Å². The van der Waals surface area contributed by atoms with Gasteiger partial charge in [-0.1, -0.05) is 26.0 Å². The van der Waals surface area contributed by atoms with Crippen LogP contribution in [0.15, 0.2) is 76.9 Å². The van der Waals surface area contributed by atoms with Gasteiger partial charge < -0.3 is 9.30 Å². The molecule has 0 spiro atoms. The van der Waals surface area contributed by atoms with Gasteiger partial charge in [0, 0.05) is 40.6 Å². The maximum atomic E-state index is 13.8. The van der Waals surface area contributed by atoms with Crippen LogP contribution in [0.4, 0.5) is 0 Å². The van der Waals surface area contributed by atoms with Crippen LogP contribution < -0.4 is 10.3 Å². The van der Waals surface area contributed by atoms with E-state index in [1.807, 2.05) is 57.2 Å². The Kier molecular flexibility index (Phi) is 7.15. The molecule has 0 atom stereocenters. The van der Waals surface area contributed by atoms with Crippen molar-refractivity contribution in [3.05, 3.63) is 105 Å². The van der Waals surface area contributed by atoms with Crippen LogP contribution in [0.5, 0.6) is 5.75 Å². The Balaban J connectivity index is 1.71. The van der Waals surface area contributed by atoms with Crippen LogP contribution in [0.25, 0.3) is 28.0 Å². The number of hydrogen-bond acceptors (Lipinski definition) is 5. The Morgan fingerprint density at radius 2 is 1.77 bits per heavy atom. The third-order valence-corrected chi connectivity index (χ3v) is 6.98. The molecule has 0 saturated carbocycles. The lowest BCUT2D eigenvalue weighted by Crippen LogP contribution is -2.21. The second-order valence-corrected chi connectivity index (χ2v) is 9.97. The number of pyridine rings is 1. The number of hydrogen-bond donors (Lipinski definition) is 0. The van der Waals surface area contributed by atoms with Gasteiger partial charge in [-0.15, -0.1) is 0 Å². The van der Waals surface area contributed by atoms with E-state index in [0.29, 0.717) is 23.3 Å². The predicted molar refractivity (Wildman–Crippen MR) is 157 cm³/mol. The minimum Gasteiger partial charge on any atom is -0.494 e. The number of fused-ring (bicyclic) bond motifs is 1. The van der Waals surface area contributed by atoms with Gasteiger partial charge in [0.05, 0.1) is 23.7 Å². The van der Waals surface area contributed by atoms with Crippen molar-refractivity contribution in [3.8, 4) is 22.8 Å². The predicted octanol–water partition coefficient (Wildman–Crippen LogP) is 6.58. The molecule has 3 aromatic heterocycles. The Morgan fingerprint density at radius 1 is 1.03 bits per heavy atom. The summed E-state index contributed by atoms with van der Waals surface area (Å²) in [4.78, 5) is 22.9. The lowest BCUT2D eigenvalue weighted by molar-refractivity contribution is 0.335. The highest BCUT2D eigenvalue weighted by Crippen LogP contribution is 2.34. The third kappa shape index (κ3) is 4.88. The van der Waals surface area contributed by atoms with Crippen molar-refractivity contribution < 1.29 is 4.74 Å². The van der Waals surface area contributed by atoms with Crippen LogP contribution in [0.2, 0.25) is 0 Å². The summed E-state index contributed by atoms with van der Waals surface area (Å²) >= 11 is 0. The molecule has 5 aromatic rings. The molecule has 0 radical (unpaired) electrons. The SMILES string of the molecule is CCOc1cc(C)c(-c2nc3ccccc3c(=O)n2N=Cc2cc(C)n(-c3ccncc3)c2C)cc1C(C)C. The highest BCUT2D eigenvalue weighted by atomic mass is 16.5. The molecule has 2 aromatic carbocycles. The first-order chi connectivity index (χ1) is 18.8. The van der Waals surface area contributed by atoms with E-state index in [0.717, 1.165) is 45.1 Å². The first-order valence-electron chi connectivity index (χ1n) is 13.2. The Morgan fingerprint density at radius 3 is 2.49 bits per heavy atom. The second-order valence-electron chi connectivity index (χ2n) is 9.97. The average Bonchev–Trinajstić information content (AvgIpc) is 3.21. The van der Waals surface area contributed by atoms with Gasteiger partial charge in [-0.2, -0.15) is 9.78 Å². The second kappa shape index (κ2) is 10.7. The summed E-state index contributed by atoms with van der Waals surface area (Å²) in [7, 11) is 0. The number of rotatable bonds is 7. The van der Waals surface area contributed by atoms with Gasteiger partial charge >= 0.3 is 0 Å². The van der Waals surface area contributed by atoms with E-state index >= 15 is 0 Å². The molecular weight excluding hydrogens is 486 g/mol. The van der Waals surface area contributed by atoms with Crippen LogP contribution >= 0.6 is 0 Å². The normalized spacial score (nSPS) is 11.7. The number of ether oxygens (including phenoxy) is 1. The molecule has 0 fully saturated rings. The van der Waals surface area contributed by atoms with E-state index in [1.165, 1.54) is 4.68 Å². The first-order valence-corrected chi connectivity index (χ1v) is 13.2. The topological polar surface area (TPSA) is 74.3 Å². The molecule has 5 rings (SSSR count). The summed E-state index contributed by atoms with van der Waals surface area (Å²) in [6.45, 7) is 12.9. The molecule has 7 heteroatoms. The molecule has 7 nitrogen and oxygen atoms in total. The molecule has 0 aliphatic rings. The number of aryl methyl sites for hydroxylation is 2. The smallest absolute Gasteiger partial charge is 0.282 e.